The Morgan fingerprint density at radius 2 is 1.65 bits per heavy atom. The molecule has 2 aromatic rings. The van der Waals surface area contributed by atoms with Crippen molar-refractivity contribution in [2.24, 2.45) is 0 Å². The van der Waals surface area contributed by atoms with Gasteiger partial charge in [0.2, 0.25) is 0 Å². The fourth-order valence-corrected chi connectivity index (χ4v) is 3.92. The van der Waals surface area contributed by atoms with E-state index in [1.807, 2.05) is 6.07 Å². The summed E-state index contributed by atoms with van der Waals surface area (Å²) in [6.07, 6.45) is 1.08. The van der Waals surface area contributed by atoms with Crippen LogP contribution in [0.2, 0.25) is 0 Å². The van der Waals surface area contributed by atoms with Gasteiger partial charge in [0.05, 0.1) is 0 Å². The van der Waals surface area contributed by atoms with Crippen molar-refractivity contribution in [1.29, 1.82) is 0 Å². The van der Waals surface area contributed by atoms with Crippen molar-refractivity contribution in [2.75, 3.05) is 12.5 Å². The molecule has 0 N–H and O–H groups in total. The summed E-state index contributed by atoms with van der Waals surface area (Å²) in [5.74, 6) is 0.653. The van der Waals surface area contributed by atoms with Gasteiger partial charge in [-0.05, 0) is 23.1 Å². The average Bonchev–Trinajstić information content (AvgIpc) is 2.53. The highest BCUT2D eigenvalue weighted by molar-refractivity contribution is 6.34. The number of hydrogen-bond donors (Lipinski definition) is 0. The van der Waals surface area contributed by atoms with Crippen LogP contribution in [0.25, 0.3) is 11.1 Å². The van der Waals surface area contributed by atoms with Crippen LogP contribution in [0.3, 0.4) is 0 Å². The number of alkyl halides is 1. The monoisotopic (exact) mass is 304 g/mol. The van der Waals surface area contributed by atoms with Gasteiger partial charge in [0.15, 0.2) is 9.76 Å². The lowest BCUT2D eigenvalue weighted by molar-refractivity contribution is 0.330. The second-order valence-corrected chi connectivity index (χ2v) is 6.95. The lowest BCUT2D eigenvalue weighted by Gasteiger charge is -2.14. The third-order valence-electron chi connectivity index (χ3n) is 3.34. The van der Waals surface area contributed by atoms with Crippen LogP contribution in [-0.2, 0) is 4.43 Å². The van der Waals surface area contributed by atoms with Crippen molar-refractivity contribution < 1.29 is 4.43 Å². The Morgan fingerprint density at radius 1 is 1.00 bits per heavy atom. The summed E-state index contributed by atoms with van der Waals surface area (Å²) in [6, 6.07) is 19.2. The van der Waals surface area contributed by atoms with E-state index in [-0.39, 0.29) is 0 Å². The quantitative estimate of drug-likeness (QED) is 0.424. The Morgan fingerprint density at radius 3 is 2.25 bits per heavy atom. The molecule has 0 radical (unpaired) electrons. The Kier molecular flexibility index (Phi) is 6.31. The van der Waals surface area contributed by atoms with E-state index >= 15 is 0 Å². The Bertz CT molecular complexity index is 498. The zero-order chi connectivity index (χ0) is 14.2. The average molecular weight is 305 g/mol. The molecule has 20 heavy (non-hydrogen) atoms. The lowest BCUT2D eigenvalue weighted by Crippen LogP contribution is -2.14. The van der Waals surface area contributed by atoms with Gasteiger partial charge >= 0.3 is 0 Å². The van der Waals surface area contributed by atoms with E-state index in [1.165, 1.54) is 16.7 Å². The Balaban J connectivity index is 2.06. The molecule has 0 aliphatic carbocycles. The molecule has 0 aliphatic rings. The minimum atomic E-state index is -0.591. The summed E-state index contributed by atoms with van der Waals surface area (Å²) in [7, 11) is -0.591. The van der Waals surface area contributed by atoms with Crippen molar-refractivity contribution >= 4 is 21.4 Å². The van der Waals surface area contributed by atoms with Crippen molar-refractivity contribution in [2.45, 2.75) is 18.9 Å². The molecule has 1 atom stereocenters. The molecule has 0 amide bonds. The van der Waals surface area contributed by atoms with Gasteiger partial charge in [-0.25, -0.2) is 0 Å². The summed E-state index contributed by atoms with van der Waals surface area (Å²) in [5.41, 5.74) is 4.22. The van der Waals surface area contributed by atoms with Gasteiger partial charge < -0.3 is 4.43 Å². The van der Waals surface area contributed by atoms with Crippen LogP contribution in [0.4, 0.5) is 0 Å². The highest BCUT2D eigenvalue weighted by Crippen LogP contribution is 2.23. The minimum absolute atomic E-state index is 0.410. The first kappa shape index (κ1) is 15.3. The van der Waals surface area contributed by atoms with Crippen LogP contribution in [0.1, 0.15) is 24.4 Å². The van der Waals surface area contributed by atoms with Gasteiger partial charge in [0.25, 0.3) is 0 Å². The molecule has 0 saturated heterocycles. The van der Waals surface area contributed by atoms with Gasteiger partial charge in [0.1, 0.15) is 0 Å². The van der Waals surface area contributed by atoms with Crippen molar-refractivity contribution in [3.63, 3.8) is 0 Å². The fourth-order valence-electron chi connectivity index (χ4n) is 2.18. The molecule has 1 unspecified atom stereocenters. The third-order valence-corrected chi connectivity index (χ3v) is 5.77. The number of halogens is 1. The van der Waals surface area contributed by atoms with Gasteiger partial charge in [-0.1, -0.05) is 61.5 Å². The van der Waals surface area contributed by atoms with Crippen molar-refractivity contribution in [3.05, 3.63) is 60.2 Å². The van der Waals surface area contributed by atoms with E-state index in [4.69, 9.17) is 16.0 Å². The molecule has 1 nitrogen and oxygen atoms in total. The van der Waals surface area contributed by atoms with Gasteiger partial charge in [-0.15, -0.1) is 11.6 Å². The molecule has 2 rings (SSSR count). The maximum atomic E-state index is 6.09. The first-order chi connectivity index (χ1) is 9.85. The number of hydrogen-bond acceptors (Lipinski definition) is 1. The minimum Gasteiger partial charge on any atom is -0.423 e. The van der Waals surface area contributed by atoms with Crippen molar-refractivity contribution in [1.82, 2.24) is 0 Å². The van der Waals surface area contributed by atoms with E-state index in [9.17, 15) is 0 Å². The summed E-state index contributed by atoms with van der Waals surface area (Å²) in [4.78, 5) is 0. The van der Waals surface area contributed by atoms with E-state index in [0.29, 0.717) is 11.4 Å². The molecular weight excluding hydrogens is 284 g/mol. The molecule has 0 bridgehead atoms. The molecule has 0 spiro atoms. The van der Waals surface area contributed by atoms with E-state index in [0.717, 1.165) is 13.0 Å². The van der Waals surface area contributed by atoms with E-state index in [2.05, 4.69) is 55.5 Å². The van der Waals surface area contributed by atoms with Gasteiger partial charge in [-0.2, -0.15) is 0 Å². The summed E-state index contributed by atoms with van der Waals surface area (Å²) < 4.78 is 5.76. The first-order valence-corrected chi connectivity index (χ1v) is 9.07. The predicted molar refractivity (Wildman–Crippen MR) is 90.1 cm³/mol. The number of rotatable bonds is 7. The number of benzene rings is 2. The zero-order valence-electron chi connectivity index (χ0n) is 11.9. The molecule has 2 aromatic carbocycles. The second-order valence-electron chi connectivity index (χ2n) is 4.91. The van der Waals surface area contributed by atoms with Gasteiger partial charge in [-0.3, -0.25) is 0 Å². The Labute approximate surface area is 128 Å². The standard InChI is InChI=1S/C17H21ClOSi/c1-2-12-19-20-17(13-18)16-10-8-15(9-11-16)14-6-4-3-5-7-14/h3-11,17H,2,12-13,20H2,1H3. The zero-order valence-corrected chi connectivity index (χ0v) is 14.1. The molecule has 0 aromatic heterocycles. The van der Waals surface area contributed by atoms with E-state index in [1.54, 1.807) is 0 Å². The first-order valence-electron chi connectivity index (χ1n) is 7.14. The van der Waals surface area contributed by atoms with Crippen LogP contribution >= 0.6 is 11.6 Å². The van der Waals surface area contributed by atoms with Crippen LogP contribution in [-0.4, -0.2) is 22.3 Å². The highest BCUT2D eigenvalue weighted by atomic mass is 35.5. The Hall–Kier alpha value is -1.09. The largest absolute Gasteiger partial charge is 0.423 e. The molecule has 0 saturated carbocycles. The normalized spacial score (nSPS) is 12.9. The SMILES string of the molecule is CCCO[SiH2]C(CCl)c1ccc(-c2ccccc2)cc1. The molecule has 106 valence electrons. The predicted octanol–water partition coefficient (Wildman–Crippen LogP) is 4.14. The maximum Gasteiger partial charge on any atom is 0.170 e. The van der Waals surface area contributed by atoms with Gasteiger partial charge in [0, 0.05) is 18.0 Å². The lowest BCUT2D eigenvalue weighted by atomic mass is 10.0. The molecule has 0 heterocycles. The van der Waals surface area contributed by atoms with Crippen LogP contribution < -0.4 is 0 Å². The van der Waals surface area contributed by atoms with Crippen LogP contribution in [0.15, 0.2) is 54.6 Å². The van der Waals surface area contributed by atoms with Crippen molar-refractivity contribution in [3.8, 4) is 11.1 Å². The van der Waals surface area contributed by atoms with Crippen LogP contribution in [0, 0.1) is 0 Å². The molecule has 0 aliphatic heterocycles. The van der Waals surface area contributed by atoms with Crippen LogP contribution in [0.5, 0.6) is 0 Å². The molecule has 3 heteroatoms. The molecule has 0 fully saturated rings. The topological polar surface area (TPSA) is 9.23 Å². The summed E-state index contributed by atoms with van der Waals surface area (Å²) in [5, 5.41) is 0. The molecular formula is C17H21ClOSi. The second kappa shape index (κ2) is 8.25. The third kappa shape index (κ3) is 4.20. The highest BCUT2D eigenvalue weighted by Gasteiger charge is 2.11. The fraction of sp³-hybridized carbons (Fsp3) is 0.294. The summed E-state index contributed by atoms with van der Waals surface area (Å²) >= 11 is 6.09. The smallest absolute Gasteiger partial charge is 0.170 e. The maximum absolute atomic E-state index is 6.09. The van der Waals surface area contributed by atoms with E-state index < -0.39 is 9.76 Å². The summed E-state index contributed by atoms with van der Waals surface area (Å²) in [6.45, 7) is 3.00.